The number of nitrogens with one attached hydrogen (secondary N) is 1. The maximum absolute atomic E-state index is 12.2. The Hall–Kier alpha value is -1.62. The number of anilines is 1. The van der Waals surface area contributed by atoms with Crippen molar-refractivity contribution in [3.8, 4) is 6.07 Å². The lowest BCUT2D eigenvalue weighted by Crippen LogP contribution is -2.14. The monoisotopic (exact) mass is 378 g/mol. The smallest absolute Gasteiger partial charge is 0.235 e. The first-order chi connectivity index (χ1) is 11.6. The van der Waals surface area contributed by atoms with Gasteiger partial charge in [0.2, 0.25) is 5.91 Å². The maximum Gasteiger partial charge on any atom is 0.235 e. The molecule has 1 aliphatic carbocycles. The Morgan fingerprint density at radius 2 is 2.38 bits per heavy atom. The lowest BCUT2D eigenvalue weighted by molar-refractivity contribution is -0.113. The van der Waals surface area contributed by atoms with Gasteiger partial charge in [0.1, 0.15) is 16.1 Å². The van der Waals surface area contributed by atoms with E-state index < -0.39 is 0 Å². The number of thiophene rings is 1. The van der Waals surface area contributed by atoms with Crippen LogP contribution in [0.25, 0.3) is 0 Å². The van der Waals surface area contributed by atoms with Crippen LogP contribution in [0.1, 0.15) is 29.3 Å². The summed E-state index contributed by atoms with van der Waals surface area (Å²) in [6.45, 7) is 2.22. The highest BCUT2D eigenvalue weighted by molar-refractivity contribution is 7.99. The molecule has 1 amide bonds. The van der Waals surface area contributed by atoms with E-state index in [0.717, 1.165) is 24.8 Å². The third-order valence-electron chi connectivity index (χ3n) is 3.84. The Morgan fingerprint density at radius 1 is 1.54 bits per heavy atom. The van der Waals surface area contributed by atoms with Gasteiger partial charge < -0.3 is 5.32 Å². The Labute approximate surface area is 153 Å². The van der Waals surface area contributed by atoms with E-state index >= 15 is 0 Å². The first-order valence-corrected chi connectivity index (χ1v) is 9.71. The Morgan fingerprint density at radius 3 is 3.08 bits per heavy atom. The van der Waals surface area contributed by atoms with Crippen LogP contribution in [0.5, 0.6) is 0 Å². The molecule has 1 atom stereocenters. The van der Waals surface area contributed by atoms with Gasteiger partial charge in [-0.3, -0.25) is 4.79 Å². The van der Waals surface area contributed by atoms with E-state index in [2.05, 4.69) is 28.5 Å². The molecule has 0 aliphatic heterocycles. The van der Waals surface area contributed by atoms with E-state index in [1.165, 1.54) is 28.0 Å². The molecule has 8 heteroatoms. The summed E-state index contributed by atoms with van der Waals surface area (Å²) in [4.78, 5) is 13.4. The summed E-state index contributed by atoms with van der Waals surface area (Å²) in [7, 11) is 0. The summed E-state index contributed by atoms with van der Waals surface area (Å²) in [5.41, 5.74) is 1.75. The zero-order chi connectivity index (χ0) is 17.1. The second-order valence-corrected chi connectivity index (χ2v) is 8.19. The van der Waals surface area contributed by atoms with E-state index in [1.807, 2.05) is 0 Å². The van der Waals surface area contributed by atoms with Crippen molar-refractivity contribution in [1.82, 2.24) is 10.2 Å². The number of hydrogen-bond acceptors (Lipinski definition) is 6. The molecule has 0 spiro atoms. The largest absolute Gasteiger partial charge is 0.316 e. The van der Waals surface area contributed by atoms with E-state index in [9.17, 15) is 10.1 Å². The van der Waals surface area contributed by atoms with Gasteiger partial charge in [0.25, 0.3) is 0 Å². The van der Waals surface area contributed by atoms with Gasteiger partial charge in [0, 0.05) is 4.88 Å². The molecule has 0 radical (unpaired) electrons. The summed E-state index contributed by atoms with van der Waals surface area (Å²) in [5.74, 6) is 0.685. The van der Waals surface area contributed by atoms with Crippen LogP contribution in [-0.2, 0) is 17.6 Å². The predicted octanol–water partition coefficient (Wildman–Crippen LogP) is 3.92. The number of amides is 1. The molecule has 124 valence electrons. The molecule has 2 aromatic heterocycles. The van der Waals surface area contributed by atoms with Crippen molar-refractivity contribution in [3.05, 3.63) is 33.3 Å². The normalized spacial score (nSPS) is 16.3. The quantitative estimate of drug-likeness (QED) is 0.815. The van der Waals surface area contributed by atoms with Crippen LogP contribution in [0.3, 0.4) is 0 Å². The number of carbonyl (C=O) groups is 1. The van der Waals surface area contributed by atoms with Gasteiger partial charge >= 0.3 is 0 Å². The highest BCUT2D eigenvalue weighted by Crippen LogP contribution is 2.39. The number of aromatic nitrogens is 2. The molecule has 0 unspecified atom stereocenters. The number of carbonyl (C=O) groups excluding carboxylic acids is 1. The molecule has 1 N–H and O–H groups in total. The van der Waals surface area contributed by atoms with Crippen LogP contribution >= 0.6 is 34.7 Å². The van der Waals surface area contributed by atoms with E-state index in [1.54, 1.807) is 12.1 Å². The third-order valence-corrected chi connectivity index (χ3v) is 6.13. The number of fused-ring (bicyclic) bond motifs is 1. The van der Waals surface area contributed by atoms with Crippen LogP contribution in [0, 0.1) is 17.2 Å². The number of nitriles is 1. The minimum atomic E-state index is -0.153. The fourth-order valence-electron chi connectivity index (χ4n) is 2.64. The zero-order valence-electron chi connectivity index (χ0n) is 13.0. The van der Waals surface area contributed by atoms with Crippen molar-refractivity contribution in [2.75, 3.05) is 11.1 Å². The molecular formula is C16H15ClN4OS2. The van der Waals surface area contributed by atoms with Crippen molar-refractivity contribution >= 4 is 45.6 Å². The number of halogens is 1. The molecule has 0 saturated heterocycles. The molecule has 3 rings (SSSR count). The van der Waals surface area contributed by atoms with E-state index in [-0.39, 0.29) is 11.7 Å². The van der Waals surface area contributed by atoms with Crippen molar-refractivity contribution in [2.24, 2.45) is 5.92 Å². The zero-order valence-corrected chi connectivity index (χ0v) is 15.4. The second kappa shape index (κ2) is 7.51. The molecule has 0 aromatic carbocycles. The highest BCUT2D eigenvalue weighted by atomic mass is 35.5. The molecule has 0 saturated carbocycles. The van der Waals surface area contributed by atoms with E-state index in [0.29, 0.717) is 26.7 Å². The predicted molar refractivity (Wildman–Crippen MR) is 96.6 cm³/mol. The molecule has 2 aromatic rings. The van der Waals surface area contributed by atoms with Crippen molar-refractivity contribution in [3.63, 3.8) is 0 Å². The Kier molecular flexibility index (Phi) is 5.39. The SMILES string of the molecule is C[C@H]1CCc2c(sc(NC(=O)CSc3ccc(Cl)nn3)c2C#N)C1. The van der Waals surface area contributed by atoms with Gasteiger partial charge in [0.05, 0.1) is 11.3 Å². The minimum absolute atomic E-state index is 0.153. The Bertz CT molecular complexity index is 798. The van der Waals surface area contributed by atoms with Crippen LogP contribution < -0.4 is 5.32 Å². The molecule has 1 aliphatic rings. The maximum atomic E-state index is 12.2. The fourth-order valence-corrected chi connectivity index (χ4v) is 4.73. The van der Waals surface area contributed by atoms with Crippen LogP contribution in [0.4, 0.5) is 5.00 Å². The number of nitrogens with zero attached hydrogens (tertiary/aromatic N) is 3. The first-order valence-electron chi connectivity index (χ1n) is 7.53. The lowest BCUT2D eigenvalue weighted by atomic mass is 9.89. The van der Waals surface area contributed by atoms with Crippen molar-refractivity contribution < 1.29 is 4.79 Å². The summed E-state index contributed by atoms with van der Waals surface area (Å²) >= 11 is 8.50. The number of thioether (sulfide) groups is 1. The van der Waals surface area contributed by atoms with E-state index in [4.69, 9.17) is 11.6 Å². The van der Waals surface area contributed by atoms with Gasteiger partial charge in [0.15, 0.2) is 5.15 Å². The van der Waals surface area contributed by atoms with Gasteiger partial charge in [-0.2, -0.15) is 5.26 Å². The van der Waals surface area contributed by atoms with Gasteiger partial charge in [-0.05, 0) is 42.9 Å². The summed E-state index contributed by atoms with van der Waals surface area (Å²) in [6.07, 6.45) is 3.00. The fraction of sp³-hybridized carbons (Fsp3) is 0.375. The van der Waals surface area contributed by atoms with Gasteiger partial charge in [-0.1, -0.05) is 30.3 Å². The van der Waals surface area contributed by atoms with Crippen molar-refractivity contribution in [1.29, 1.82) is 5.26 Å². The molecule has 0 fully saturated rings. The van der Waals surface area contributed by atoms with Crippen LogP contribution in [0.15, 0.2) is 17.2 Å². The van der Waals surface area contributed by atoms with Crippen LogP contribution in [-0.4, -0.2) is 21.9 Å². The number of rotatable bonds is 4. The summed E-state index contributed by atoms with van der Waals surface area (Å²) in [5, 5.41) is 21.6. The van der Waals surface area contributed by atoms with Crippen LogP contribution in [0.2, 0.25) is 5.15 Å². The molecule has 5 nitrogen and oxygen atoms in total. The topological polar surface area (TPSA) is 78.7 Å². The summed E-state index contributed by atoms with van der Waals surface area (Å²) < 4.78 is 0. The molecule has 2 heterocycles. The third kappa shape index (κ3) is 3.89. The minimum Gasteiger partial charge on any atom is -0.316 e. The standard InChI is InChI=1S/C16H15ClN4OS2/c1-9-2-3-10-11(7-18)16(24-12(10)6-9)19-14(22)8-23-15-5-4-13(17)20-21-15/h4-5,9H,2-3,6,8H2,1H3,(H,19,22)/t9-/m0/s1. The Balaban J connectivity index is 1.66. The average Bonchev–Trinajstić information content (AvgIpc) is 2.90. The second-order valence-electron chi connectivity index (χ2n) is 5.70. The van der Waals surface area contributed by atoms with Gasteiger partial charge in [-0.15, -0.1) is 21.5 Å². The van der Waals surface area contributed by atoms with Gasteiger partial charge in [-0.25, -0.2) is 0 Å². The highest BCUT2D eigenvalue weighted by Gasteiger charge is 2.24. The molecule has 0 bridgehead atoms. The average molecular weight is 379 g/mol. The first kappa shape index (κ1) is 17.2. The van der Waals surface area contributed by atoms with Crippen molar-refractivity contribution in [2.45, 2.75) is 31.2 Å². The number of hydrogen-bond donors (Lipinski definition) is 1. The summed E-state index contributed by atoms with van der Waals surface area (Å²) in [6, 6.07) is 5.61. The molecule has 24 heavy (non-hydrogen) atoms. The molecular weight excluding hydrogens is 364 g/mol. The lowest BCUT2D eigenvalue weighted by Gasteiger charge is -2.17.